The first-order chi connectivity index (χ1) is 20.1. The van der Waals surface area contributed by atoms with E-state index in [9.17, 15) is 27.2 Å². The number of carbonyl (C=O) groups is 2. The number of thioether (sulfide) groups is 1. The minimum atomic E-state index is -4.81. The normalized spacial score (nSPS) is 15.6. The Morgan fingerprint density at radius 3 is 2.69 bits per heavy atom. The Bertz CT molecular complexity index is 1720. The molecule has 0 bridgehead atoms. The lowest BCUT2D eigenvalue weighted by atomic mass is 10.1. The number of ether oxygens (including phenoxy) is 2. The zero-order valence-corrected chi connectivity index (χ0v) is 22.1. The number of alkyl halides is 3. The summed E-state index contributed by atoms with van der Waals surface area (Å²) in [5.74, 6) is -0.636. The molecule has 3 aromatic carbocycles. The monoisotopic (exact) mass is 598 g/mol. The second-order valence-corrected chi connectivity index (χ2v) is 9.90. The molecule has 1 N–H and O–H groups in total. The molecular weight excluding hydrogens is 580 g/mol. The lowest BCUT2D eigenvalue weighted by Gasteiger charge is -2.18. The highest BCUT2D eigenvalue weighted by atomic mass is 32.2. The molecule has 0 radical (unpaired) electrons. The van der Waals surface area contributed by atoms with E-state index in [-0.39, 0.29) is 39.7 Å². The van der Waals surface area contributed by atoms with Crippen molar-refractivity contribution in [2.45, 2.75) is 12.8 Å². The van der Waals surface area contributed by atoms with Crippen LogP contribution >= 0.6 is 11.8 Å². The van der Waals surface area contributed by atoms with Crippen molar-refractivity contribution in [1.29, 1.82) is 0 Å². The second kappa shape index (κ2) is 10.8. The van der Waals surface area contributed by atoms with E-state index in [2.05, 4.69) is 25.1 Å². The Hall–Kier alpha value is -4.92. The van der Waals surface area contributed by atoms with Gasteiger partial charge in [0.05, 0.1) is 29.4 Å². The summed E-state index contributed by atoms with van der Waals surface area (Å²) >= 11 is 1.09. The first-order valence-electron chi connectivity index (χ1n) is 12.3. The third kappa shape index (κ3) is 5.63. The fourth-order valence-electron chi connectivity index (χ4n) is 4.36. The first kappa shape index (κ1) is 27.3. The third-order valence-electron chi connectivity index (χ3n) is 6.19. The van der Waals surface area contributed by atoms with Crippen LogP contribution in [-0.4, -0.2) is 50.6 Å². The highest BCUT2D eigenvalue weighted by Crippen LogP contribution is 2.39. The number of carbonyl (C=O) groups excluding carboxylic acids is 2. The number of hydrogen-bond donors (Lipinski definition) is 1. The summed E-state index contributed by atoms with van der Waals surface area (Å²) in [6, 6.07) is 13.4. The minimum Gasteiger partial charge on any atom is -0.491 e. The molecule has 15 heteroatoms. The van der Waals surface area contributed by atoms with Gasteiger partial charge in [-0.2, -0.15) is 4.99 Å². The van der Waals surface area contributed by atoms with Gasteiger partial charge in [-0.1, -0.05) is 23.9 Å². The van der Waals surface area contributed by atoms with Crippen LogP contribution in [0.2, 0.25) is 0 Å². The molecule has 2 aliphatic heterocycles. The van der Waals surface area contributed by atoms with Gasteiger partial charge in [0, 0.05) is 12.0 Å². The molecule has 3 amide bonds. The van der Waals surface area contributed by atoms with Crippen LogP contribution in [-0.2, 0) is 11.2 Å². The van der Waals surface area contributed by atoms with Gasteiger partial charge in [-0.3, -0.25) is 9.69 Å². The number of anilines is 2. The molecule has 0 unspecified atom stereocenters. The van der Waals surface area contributed by atoms with E-state index < -0.39 is 18.2 Å². The number of benzene rings is 3. The summed E-state index contributed by atoms with van der Waals surface area (Å²) < 4.78 is 62.9. The summed E-state index contributed by atoms with van der Waals surface area (Å²) in [4.78, 5) is 34.8. The molecule has 6 rings (SSSR count). The molecule has 2 aliphatic rings. The average molecular weight is 599 g/mol. The van der Waals surface area contributed by atoms with E-state index >= 15 is 0 Å². The fourth-order valence-corrected chi connectivity index (χ4v) is 5.22. The van der Waals surface area contributed by atoms with Crippen LogP contribution in [0.5, 0.6) is 11.5 Å². The number of nitrogens with one attached hydrogen (secondary N) is 1. The van der Waals surface area contributed by atoms with E-state index in [1.54, 1.807) is 12.1 Å². The van der Waals surface area contributed by atoms with Crippen LogP contribution in [0, 0.1) is 5.82 Å². The van der Waals surface area contributed by atoms with Gasteiger partial charge in [-0.15, -0.1) is 18.3 Å². The number of amides is 3. The van der Waals surface area contributed by atoms with Crippen molar-refractivity contribution >= 4 is 40.2 Å². The summed E-state index contributed by atoms with van der Waals surface area (Å²) in [6.45, 7) is 0.493. The number of para-hydroxylation sites is 1. The first-order valence-corrected chi connectivity index (χ1v) is 13.3. The smallest absolute Gasteiger partial charge is 0.491 e. The number of aromatic nitrogens is 3. The third-order valence-corrected chi connectivity index (χ3v) is 7.12. The van der Waals surface area contributed by atoms with Gasteiger partial charge in [-0.25, -0.2) is 18.9 Å². The van der Waals surface area contributed by atoms with Crippen LogP contribution in [0.25, 0.3) is 17.1 Å². The topological polar surface area (TPSA) is 111 Å². The highest BCUT2D eigenvalue weighted by molar-refractivity contribution is 8.15. The number of nitrogens with zero attached hydrogens (tertiary/aromatic N) is 5. The molecule has 3 heterocycles. The van der Waals surface area contributed by atoms with E-state index in [0.29, 0.717) is 30.2 Å². The standard InChI is InChI=1S/C27H18F4N6O4S/c28-19-12-16(24-32-14-36(35-24)17-5-7-18(8-6-17)41-27(29,30)31)4-9-20(19)33-25(39)34-26-37(22(38)13-42-26)21-3-1-2-15-10-11-40-23(15)21/h1-9,12,14H,10-11,13H2,(H,33,39)/b34-26-. The summed E-state index contributed by atoms with van der Waals surface area (Å²) in [7, 11) is 0. The Balaban J connectivity index is 1.16. The lowest BCUT2D eigenvalue weighted by Crippen LogP contribution is -2.30. The zero-order chi connectivity index (χ0) is 29.4. The van der Waals surface area contributed by atoms with Gasteiger partial charge in [0.2, 0.25) is 5.91 Å². The summed E-state index contributed by atoms with van der Waals surface area (Å²) in [5.41, 5.74) is 1.98. The molecule has 0 spiro atoms. The number of urea groups is 1. The SMILES string of the molecule is O=C(/N=C1\SCC(=O)N1c1cccc2c1OCC2)Nc1ccc(-c2ncn(-c3ccc(OC(F)(F)F)cc3)n2)cc1F. The van der Waals surface area contributed by atoms with Gasteiger partial charge < -0.3 is 14.8 Å². The fraction of sp³-hybridized carbons (Fsp3) is 0.148. The van der Waals surface area contributed by atoms with Crippen molar-refractivity contribution < 1.29 is 36.6 Å². The second-order valence-electron chi connectivity index (χ2n) is 8.96. The lowest BCUT2D eigenvalue weighted by molar-refractivity contribution is -0.274. The quantitative estimate of drug-likeness (QED) is 0.299. The van der Waals surface area contributed by atoms with Crippen LogP contribution in [0.15, 0.2) is 72.0 Å². The van der Waals surface area contributed by atoms with Gasteiger partial charge >= 0.3 is 12.4 Å². The van der Waals surface area contributed by atoms with Gasteiger partial charge in [0.1, 0.15) is 23.6 Å². The molecule has 0 saturated carbocycles. The molecule has 1 fully saturated rings. The van der Waals surface area contributed by atoms with E-state index in [0.717, 1.165) is 35.5 Å². The van der Waals surface area contributed by atoms with Crippen molar-refractivity contribution in [3.63, 3.8) is 0 Å². The molecule has 0 aliphatic carbocycles. The van der Waals surface area contributed by atoms with Crippen LogP contribution in [0.4, 0.5) is 33.7 Å². The largest absolute Gasteiger partial charge is 0.573 e. The maximum atomic E-state index is 15.0. The van der Waals surface area contributed by atoms with Crippen molar-refractivity contribution in [2.75, 3.05) is 22.6 Å². The van der Waals surface area contributed by atoms with Gasteiger partial charge in [0.25, 0.3) is 0 Å². The van der Waals surface area contributed by atoms with E-state index in [1.807, 2.05) is 6.07 Å². The molecule has 42 heavy (non-hydrogen) atoms. The maximum absolute atomic E-state index is 15.0. The molecule has 10 nitrogen and oxygen atoms in total. The van der Waals surface area contributed by atoms with E-state index in [4.69, 9.17) is 4.74 Å². The summed E-state index contributed by atoms with van der Waals surface area (Å²) in [5, 5.41) is 6.77. The Morgan fingerprint density at radius 2 is 1.93 bits per heavy atom. The molecule has 1 saturated heterocycles. The zero-order valence-electron chi connectivity index (χ0n) is 21.3. The predicted octanol–water partition coefficient (Wildman–Crippen LogP) is 5.57. The van der Waals surface area contributed by atoms with Gasteiger partial charge in [-0.05, 0) is 54.1 Å². The number of rotatable bonds is 5. The number of aliphatic imine (C=N–C) groups is 1. The Labute approximate surface area is 239 Å². The highest BCUT2D eigenvalue weighted by Gasteiger charge is 2.34. The number of fused-ring (bicyclic) bond motifs is 1. The minimum absolute atomic E-state index is 0.0873. The van der Waals surface area contributed by atoms with Crippen LogP contribution < -0.4 is 19.7 Å². The number of amidine groups is 1. The Morgan fingerprint density at radius 1 is 1.12 bits per heavy atom. The predicted molar refractivity (Wildman–Crippen MR) is 145 cm³/mol. The summed E-state index contributed by atoms with van der Waals surface area (Å²) in [6.07, 6.45) is -2.78. The molecular formula is C27H18F4N6O4S. The Kier molecular flexibility index (Phi) is 7.02. The van der Waals surface area contributed by atoms with Crippen molar-refractivity contribution in [1.82, 2.24) is 14.8 Å². The average Bonchev–Trinajstić information content (AvgIpc) is 3.70. The van der Waals surface area contributed by atoms with E-state index in [1.165, 1.54) is 40.2 Å². The molecule has 0 atom stereocenters. The van der Waals surface area contributed by atoms with Crippen molar-refractivity contribution in [2.24, 2.45) is 4.99 Å². The molecule has 214 valence electrons. The van der Waals surface area contributed by atoms with Crippen molar-refractivity contribution in [3.8, 4) is 28.6 Å². The number of hydrogen-bond acceptors (Lipinski definition) is 7. The van der Waals surface area contributed by atoms with Crippen LogP contribution in [0.3, 0.4) is 0 Å². The number of halogens is 4. The molecule has 1 aromatic heterocycles. The maximum Gasteiger partial charge on any atom is 0.573 e. The van der Waals surface area contributed by atoms with Crippen molar-refractivity contribution in [3.05, 3.63) is 78.4 Å². The molecule has 4 aromatic rings. The van der Waals surface area contributed by atoms with Crippen LogP contribution in [0.1, 0.15) is 5.56 Å². The van der Waals surface area contributed by atoms with Gasteiger partial charge in [0.15, 0.2) is 11.0 Å².